The van der Waals surface area contributed by atoms with E-state index in [0.29, 0.717) is 5.56 Å². The van der Waals surface area contributed by atoms with Crippen LogP contribution in [-0.4, -0.2) is 17.9 Å². The Kier molecular flexibility index (Phi) is 6.17. The number of nitrogens with one attached hydrogen (secondary N) is 1. The molecule has 0 bridgehead atoms. The number of hydrogen-bond donors (Lipinski definition) is 2. The molecule has 0 saturated heterocycles. The van der Waals surface area contributed by atoms with Crippen molar-refractivity contribution in [3.8, 4) is 0 Å². The maximum absolute atomic E-state index is 13.1. The fourth-order valence-electron chi connectivity index (χ4n) is 3.12. The van der Waals surface area contributed by atoms with Crippen molar-refractivity contribution in [3.63, 3.8) is 0 Å². The Balaban J connectivity index is 1.85. The van der Waals surface area contributed by atoms with Gasteiger partial charge >= 0.3 is 0 Å². The first-order valence-electron chi connectivity index (χ1n) is 8.98. The molecule has 0 unspecified atom stereocenters. The molecule has 0 aliphatic rings. The van der Waals surface area contributed by atoms with E-state index in [9.17, 15) is 14.0 Å². The Morgan fingerprint density at radius 3 is 1.79 bits per heavy atom. The summed E-state index contributed by atoms with van der Waals surface area (Å²) < 4.78 is 13.1. The summed E-state index contributed by atoms with van der Waals surface area (Å²) in [6.45, 7) is 0. The largest absolute Gasteiger partial charge is 0.368 e. The Hall–Kier alpha value is -3.47. The minimum atomic E-state index is -0.895. The molecule has 0 heterocycles. The maximum Gasteiger partial charge on any atom is 0.240 e. The Morgan fingerprint density at radius 1 is 0.821 bits per heavy atom. The monoisotopic (exact) mass is 376 g/mol. The van der Waals surface area contributed by atoms with Crippen LogP contribution in [0.2, 0.25) is 0 Å². The molecule has 3 aromatic carbocycles. The highest BCUT2D eigenvalue weighted by atomic mass is 19.1. The molecule has 1 atom stereocenters. The predicted octanol–water partition coefficient (Wildman–Crippen LogP) is 3.17. The topological polar surface area (TPSA) is 72.2 Å². The number of primary amides is 1. The lowest BCUT2D eigenvalue weighted by molar-refractivity contribution is -0.127. The summed E-state index contributed by atoms with van der Waals surface area (Å²) in [5, 5.41) is 2.77. The van der Waals surface area contributed by atoms with Gasteiger partial charge in [-0.2, -0.15) is 0 Å². The fraction of sp³-hybridized carbons (Fsp3) is 0.130. The van der Waals surface area contributed by atoms with Gasteiger partial charge in [0.15, 0.2) is 0 Å². The van der Waals surface area contributed by atoms with Gasteiger partial charge in [0.25, 0.3) is 0 Å². The molecule has 28 heavy (non-hydrogen) atoms. The molecule has 0 spiro atoms. The average Bonchev–Trinajstić information content (AvgIpc) is 2.71. The number of hydrogen-bond acceptors (Lipinski definition) is 2. The van der Waals surface area contributed by atoms with Gasteiger partial charge in [-0.1, -0.05) is 72.8 Å². The van der Waals surface area contributed by atoms with Crippen LogP contribution < -0.4 is 11.1 Å². The zero-order chi connectivity index (χ0) is 19.9. The van der Waals surface area contributed by atoms with E-state index in [-0.39, 0.29) is 18.1 Å². The second-order valence-corrected chi connectivity index (χ2v) is 6.55. The summed E-state index contributed by atoms with van der Waals surface area (Å²) in [5.74, 6) is -1.89. The van der Waals surface area contributed by atoms with Crippen molar-refractivity contribution in [2.45, 2.75) is 18.4 Å². The summed E-state index contributed by atoms with van der Waals surface area (Å²) in [7, 11) is 0. The van der Waals surface area contributed by atoms with Crippen LogP contribution in [0.4, 0.5) is 4.39 Å². The first-order valence-corrected chi connectivity index (χ1v) is 8.98. The minimum Gasteiger partial charge on any atom is -0.368 e. The van der Waals surface area contributed by atoms with Gasteiger partial charge in [-0.25, -0.2) is 4.39 Å². The van der Waals surface area contributed by atoms with E-state index in [4.69, 9.17) is 5.73 Å². The maximum atomic E-state index is 13.1. The summed E-state index contributed by atoms with van der Waals surface area (Å²) in [6.07, 6.45) is 0.192. The molecule has 0 fully saturated rings. The normalized spacial score (nSPS) is 11.8. The molecule has 142 valence electrons. The molecule has 5 heteroatoms. The standard InChI is InChI=1S/C23H21FN2O2/c24-19-13-11-16(12-14-19)15-20(22(25)27)26-23(28)21(17-7-3-1-4-8-17)18-9-5-2-6-10-18/h1-14,20-21H,15H2,(H2,25,27)(H,26,28)/t20-/m1/s1. The van der Waals surface area contributed by atoms with Crippen LogP contribution in [0.1, 0.15) is 22.6 Å². The summed E-state index contributed by atoms with van der Waals surface area (Å²) in [5.41, 5.74) is 7.85. The third-order valence-corrected chi connectivity index (χ3v) is 4.54. The van der Waals surface area contributed by atoms with Gasteiger partial charge in [0, 0.05) is 6.42 Å². The van der Waals surface area contributed by atoms with Crippen LogP contribution in [0, 0.1) is 5.82 Å². The molecule has 4 nitrogen and oxygen atoms in total. The SMILES string of the molecule is NC(=O)[C@@H](Cc1ccc(F)cc1)NC(=O)C(c1ccccc1)c1ccccc1. The lowest BCUT2D eigenvalue weighted by Crippen LogP contribution is -2.47. The van der Waals surface area contributed by atoms with Crippen molar-refractivity contribution in [1.82, 2.24) is 5.32 Å². The van der Waals surface area contributed by atoms with Crippen LogP contribution in [0.3, 0.4) is 0 Å². The third-order valence-electron chi connectivity index (χ3n) is 4.54. The van der Waals surface area contributed by atoms with E-state index >= 15 is 0 Å². The van der Waals surface area contributed by atoms with Crippen molar-refractivity contribution in [1.29, 1.82) is 0 Å². The van der Waals surface area contributed by atoms with Gasteiger partial charge in [0.1, 0.15) is 11.9 Å². The fourth-order valence-corrected chi connectivity index (χ4v) is 3.12. The molecule has 0 aliphatic carbocycles. The van der Waals surface area contributed by atoms with E-state index < -0.39 is 17.9 Å². The minimum absolute atomic E-state index is 0.192. The average molecular weight is 376 g/mol. The number of halogens is 1. The van der Waals surface area contributed by atoms with Crippen LogP contribution >= 0.6 is 0 Å². The highest BCUT2D eigenvalue weighted by molar-refractivity contribution is 5.92. The molecule has 0 aliphatic heterocycles. The molecule has 3 rings (SSSR count). The molecular formula is C23H21FN2O2. The molecule has 3 aromatic rings. The van der Waals surface area contributed by atoms with E-state index in [1.165, 1.54) is 12.1 Å². The highest BCUT2D eigenvalue weighted by Gasteiger charge is 2.27. The van der Waals surface area contributed by atoms with Gasteiger partial charge < -0.3 is 11.1 Å². The second kappa shape index (κ2) is 8.95. The highest BCUT2D eigenvalue weighted by Crippen LogP contribution is 2.25. The molecule has 2 amide bonds. The Morgan fingerprint density at radius 2 is 1.32 bits per heavy atom. The second-order valence-electron chi connectivity index (χ2n) is 6.55. The smallest absolute Gasteiger partial charge is 0.240 e. The van der Waals surface area contributed by atoms with Crippen molar-refractivity contribution in [2.24, 2.45) is 5.73 Å². The van der Waals surface area contributed by atoms with E-state index in [2.05, 4.69) is 5.32 Å². The van der Waals surface area contributed by atoms with Crippen LogP contribution in [-0.2, 0) is 16.0 Å². The van der Waals surface area contributed by atoms with Gasteiger partial charge in [0.05, 0.1) is 5.92 Å². The van der Waals surface area contributed by atoms with Crippen molar-refractivity contribution < 1.29 is 14.0 Å². The van der Waals surface area contributed by atoms with Crippen molar-refractivity contribution >= 4 is 11.8 Å². The van der Waals surface area contributed by atoms with Crippen molar-refractivity contribution in [3.05, 3.63) is 107 Å². The van der Waals surface area contributed by atoms with Gasteiger partial charge in [0.2, 0.25) is 11.8 Å². The number of rotatable bonds is 7. The zero-order valence-corrected chi connectivity index (χ0v) is 15.2. The third kappa shape index (κ3) is 4.82. The van der Waals surface area contributed by atoms with Gasteiger partial charge in [-0.3, -0.25) is 9.59 Å². The number of benzene rings is 3. The number of nitrogens with two attached hydrogens (primary N) is 1. The van der Waals surface area contributed by atoms with E-state index in [1.807, 2.05) is 60.7 Å². The Labute approximate surface area is 163 Å². The van der Waals surface area contributed by atoms with Gasteiger partial charge in [-0.15, -0.1) is 0 Å². The first-order chi connectivity index (χ1) is 13.5. The Bertz CT molecular complexity index is 888. The lowest BCUT2D eigenvalue weighted by atomic mass is 9.90. The number of carbonyl (C=O) groups is 2. The molecular weight excluding hydrogens is 355 g/mol. The summed E-state index contributed by atoms with van der Waals surface area (Å²) >= 11 is 0. The van der Waals surface area contributed by atoms with E-state index in [1.54, 1.807) is 12.1 Å². The quantitative estimate of drug-likeness (QED) is 0.665. The lowest BCUT2D eigenvalue weighted by Gasteiger charge is -2.22. The van der Waals surface area contributed by atoms with Gasteiger partial charge in [-0.05, 0) is 28.8 Å². The van der Waals surface area contributed by atoms with Crippen LogP contribution in [0.25, 0.3) is 0 Å². The summed E-state index contributed by atoms with van der Waals surface area (Å²) in [4.78, 5) is 25.1. The van der Waals surface area contributed by atoms with Crippen LogP contribution in [0.5, 0.6) is 0 Å². The molecule has 0 saturated carbocycles. The zero-order valence-electron chi connectivity index (χ0n) is 15.2. The predicted molar refractivity (Wildman–Crippen MR) is 106 cm³/mol. The molecule has 0 aromatic heterocycles. The van der Waals surface area contributed by atoms with E-state index in [0.717, 1.165) is 11.1 Å². The van der Waals surface area contributed by atoms with Crippen LogP contribution in [0.15, 0.2) is 84.9 Å². The first kappa shape index (κ1) is 19.3. The molecule has 3 N–H and O–H groups in total. The molecule has 0 radical (unpaired) electrons. The summed E-state index contributed by atoms with van der Waals surface area (Å²) in [6, 6.07) is 23.6. The number of amides is 2. The number of carbonyl (C=O) groups excluding carboxylic acids is 2. The van der Waals surface area contributed by atoms with Crippen molar-refractivity contribution in [2.75, 3.05) is 0 Å².